The van der Waals surface area contributed by atoms with Gasteiger partial charge in [-0.05, 0) is 0 Å². The predicted octanol–water partition coefficient (Wildman–Crippen LogP) is -5.46. The Kier molecular flexibility index (Phi) is 6.93. The van der Waals surface area contributed by atoms with Crippen LogP contribution in [0, 0.1) is 0 Å². The fourth-order valence-corrected chi connectivity index (χ4v) is 0.939. The summed E-state index contributed by atoms with van der Waals surface area (Å²) < 4.78 is 1.30. The largest absolute Gasteiger partial charge is 1.00 e. The molecule has 0 saturated carbocycles. The number of nitrogens with zero attached hydrogens (tertiary/aromatic N) is 3. The first kappa shape index (κ1) is 14.7. The molecule has 8 heteroatoms. The third-order valence-corrected chi connectivity index (χ3v) is 1.50. The van der Waals surface area contributed by atoms with E-state index in [2.05, 4.69) is 15.4 Å². The van der Waals surface area contributed by atoms with Crippen LogP contribution in [0.1, 0.15) is 6.92 Å². The van der Waals surface area contributed by atoms with Gasteiger partial charge < -0.3 is 15.2 Å². The molecule has 1 unspecified atom stereocenters. The van der Waals surface area contributed by atoms with Crippen molar-refractivity contribution in [2.45, 2.75) is 19.5 Å². The number of rotatable bonds is 4. The van der Waals surface area contributed by atoms with Crippen LogP contribution >= 0.6 is 0 Å². The molecule has 1 N–H and O–H groups in total. The first-order valence-corrected chi connectivity index (χ1v) is 3.90. The van der Waals surface area contributed by atoms with E-state index in [0.717, 1.165) is 0 Å². The third kappa shape index (κ3) is 5.38. The van der Waals surface area contributed by atoms with Gasteiger partial charge in [-0.2, -0.15) is 5.10 Å². The van der Waals surface area contributed by atoms with Crippen molar-refractivity contribution in [1.82, 2.24) is 20.1 Å². The van der Waals surface area contributed by atoms with E-state index in [1.54, 1.807) is 0 Å². The Hall–Kier alpha value is -0.284. The predicted molar refractivity (Wildman–Crippen MR) is 42.6 cm³/mol. The van der Waals surface area contributed by atoms with Crippen LogP contribution in [0.4, 0.5) is 0 Å². The Labute approximate surface area is 129 Å². The van der Waals surface area contributed by atoms with Crippen molar-refractivity contribution >= 4 is 11.9 Å². The van der Waals surface area contributed by atoms with Gasteiger partial charge in [0.1, 0.15) is 12.7 Å². The molecule has 0 aromatic carbocycles. The summed E-state index contributed by atoms with van der Waals surface area (Å²) in [6.45, 7) is 1.24. The second kappa shape index (κ2) is 7.07. The number of hydrogen-bond acceptors (Lipinski definition) is 5. The van der Waals surface area contributed by atoms with Crippen LogP contribution in [0.3, 0.4) is 0 Å². The summed E-state index contributed by atoms with van der Waals surface area (Å²) in [5.41, 5.74) is 0. The van der Waals surface area contributed by atoms with E-state index < -0.39 is 17.9 Å². The first-order chi connectivity index (χ1) is 6.59. The normalized spacial score (nSPS) is 11.3. The van der Waals surface area contributed by atoms with Gasteiger partial charge in [0.25, 0.3) is 0 Å². The molecule has 1 aromatic rings. The zero-order chi connectivity index (χ0) is 10.6. The number of carbonyl (C=O) groups is 2. The fourth-order valence-electron chi connectivity index (χ4n) is 0.939. The molecular weight excluding hydrogens is 227 g/mol. The van der Waals surface area contributed by atoms with Crippen LogP contribution in [-0.4, -0.2) is 32.7 Å². The molecule has 15 heavy (non-hydrogen) atoms. The molecule has 1 atom stereocenters. The summed E-state index contributed by atoms with van der Waals surface area (Å²) in [6.07, 6.45) is 2.64. The minimum Gasteiger partial charge on any atom is -0.548 e. The van der Waals surface area contributed by atoms with Crippen LogP contribution in [-0.2, 0) is 16.1 Å². The average Bonchev–Trinajstić information content (AvgIpc) is 2.54. The summed E-state index contributed by atoms with van der Waals surface area (Å²) in [7, 11) is 0. The number of carbonyl (C=O) groups excluding carboxylic acids is 2. The molecule has 0 radical (unpaired) electrons. The smallest absolute Gasteiger partial charge is 0.548 e. The van der Waals surface area contributed by atoms with E-state index in [4.69, 9.17) is 0 Å². The molecular formula is C7H9KN4O3. The fraction of sp³-hybridized carbons (Fsp3) is 0.429. The maximum Gasteiger partial charge on any atom is 1.00 e. The number of nitrogens with one attached hydrogen (secondary N) is 1. The van der Waals surface area contributed by atoms with Crippen molar-refractivity contribution in [3.05, 3.63) is 12.7 Å². The maximum absolute atomic E-state index is 10.6. The number of aromatic nitrogens is 3. The van der Waals surface area contributed by atoms with Gasteiger partial charge in [-0.1, -0.05) is 0 Å². The van der Waals surface area contributed by atoms with Gasteiger partial charge in [-0.15, -0.1) is 0 Å². The molecule has 1 aromatic heterocycles. The molecule has 1 amide bonds. The van der Waals surface area contributed by atoms with Crippen LogP contribution in [0.25, 0.3) is 0 Å². The van der Waals surface area contributed by atoms with Gasteiger partial charge >= 0.3 is 51.4 Å². The molecule has 0 aliphatic heterocycles. The minimum absolute atomic E-state index is 0. The topological polar surface area (TPSA) is 99.9 Å². The van der Waals surface area contributed by atoms with Crippen LogP contribution < -0.4 is 61.8 Å². The Morgan fingerprint density at radius 2 is 2.27 bits per heavy atom. The van der Waals surface area contributed by atoms with Gasteiger partial charge in [0, 0.05) is 6.92 Å². The summed E-state index contributed by atoms with van der Waals surface area (Å²) in [5.74, 6) is -1.78. The maximum atomic E-state index is 10.6. The SMILES string of the molecule is CC(=O)NC(Cn1cncn1)C(=O)[O-].[K+]. The Balaban J connectivity index is 0.00000196. The van der Waals surface area contributed by atoms with Crippen LogP contribution in [0.15, 0.2) is 12.7 Å². The van der Waals surface area contributed by atoms with E-state index in [0.29, 0.717) is 0 Å². The molecule has 0 fully saturated rings. The zero-order valence-electron chi connectivity index (χ0n) is 8.51. The zero-order valence-corrected chi connectivity index (χ0v) is 11.6. The number of hydrogen-bond donors (Lipinski definition) is 1. The van der Waals surface area contributed by atoms with Gasteiger partial charge in [-0.25, -0.2) is 4.98 Å². The molecule has 0 bridgehead atoms. The van der Waals surface area contributed by atoms with Gasteiger partial charge in [-0.3, -0.25) is 9.48 Å². The average molecular weight is 236 g/mol. The number of aliphatic carboxylic acids is 1. The monoisotopic (exact) mass is 236 g/mol. The molecule has 1 rings (SSSR count). The summed E-state index contributed by atoms with van der Waals surface area (Å²) in [5, 5.41) is 16.5. The molecule has 0 aliphatic rings. The Bertz CT molecular complexity index is 327. The number of amides is 1. The van der Waals surface area contributed by atoms with Crippen LogP contribution in [0.5, 0.6) is 0 Å². The molecule has 0 saturated heterocycles. The van der Waals surface area contributed by atoms with Crippen molar-refractivity contribution in [3.63, 3.8) is 0 Å². The Morgan fingerprint density at radius 1 is 1.60 bits per heavy atom. The summed E-state index contributed by atoms with van der Waals surface area (Å²) in [6, 6.07) is -1.09. The van der Waals surface area contributed by atoms with Crippen molar-refractivity contribution in [3.8, 4) is 0 Å². The first-order valence-electron chi connectivity index (χ1n) is 3.90. The van der Waals surface area contributed by atoms with E-state index in [-0.39, 0.29) is 57.9 Å². The van der Waals surface area contributed by atoms with Crippen molar-refractivity contribution in [1.29, 1.82) is 0 Å². The quantitative estimate of drug-likeness (QED) is 0.526. The minimum atomic E-state index is -1.35. The van der Waals surface area contributed by atoms with E-state index in [1.807, 2.05) is 0 Å². The third-order valence-electron chi connectivity index (χ3n) is 1.50. The molecule has 0 spiro atoms. The van der Waals surface area contributed by atoms with Gasteiger partial charge in [0.15, 0.2) is 0 Å². The van der Waals surface area contributed by atoms with Crippen molar-refractivity contribution in [2.24, 2.45) is 0 Å². The second-order valence-electron chi connectivity index (χ2n) is 2.69. The van der Waals surface area contributed by atoms with Crippen LogP contribution in [0.2, 0.25) is 0 Å². The Morgan fingerprint density at radius 3 is 2.67 bits per heavy atom. The van der Waals surface area contributed by atoms with Crippen molar-refractivity contribution in [2.75, 3.05) is 0 Å². The number of carboxylic acid groups (broad SMARTS) is 1. The van der Waals surface area contributed by atoms with E-state index in [1.165, 1.54) is 24.3 Å². The number of carboxylic acids is 1. The van der Waals surface area contributed by atoms with Gasteiger partial charge in [0.05, 0.1) is 18.6 Å². The standard InChI is InChI=1S/C7H10N4O3.K/c1-5(12)10-6(7(13)14)2-11-4-8-3-9-11;/h3-4,6H,2H2,1H3,(H,10,12)(H,13,14);/q;+1/p-1. The summed E-state index contributed by atoms with van der Waals surface area (Å²) >= 11 is 0. The molecule has 1 heterocycles. The summed E-state index contributed by atoms with van der Waals surface area (Å²) in [4.78, 5) is 24.9. The molecule has 7 nitrogen and oxygen atoms in total. The second-order valence-corrected chi connectivity index (χ2v) is 2.69. The molecule has 0 aliphatic carbocycles. The van der Waals surface area contributed by atoms with E-state index >= 15 is 0 Å². The van der Waals surface area contributed by atoms with Gasteiger partial charge in [0.2, 0.25) is 5.91 Å². The molecule has 76 valence electrons. The van der Waals surface area contributed by atoms with E-state index in [9.17, 15) is 14.7 Å². The van der Waals surface area contributed by atoms with Crippen molar-refractivity contribution < 1.29 is 66.1 Å².